The van der Waals surface area contributed by atoms with Gasteiger partial charge in [0.1, 0.15) is 11.5 Å². The monoisotopic (exact) mass is 368 g/mol. The van der Waals surface area contributed by atoms with Gasteiger partial charge in [-0.1, -0.05) is 41.7 Å². The number of hydrogen-bond acceptors (Lipinski definition) is 5. The minimum absolute atomic E-state index is 0.0581. The maximum Gasteiger partial charge on any atom is 0.226 e. The molecule has 0 saturated heterocycles. The van der Waals surface area contributed by atoms with Gasteiger partial charge in [0.15, 0.2) is 5.13 Å². The number of carbonyl (C=O) groups is 1. The molecule has 1 aromatic heterocycles. The summed E-state index contributed by atoms with van der Waals surface area (Å²) in [7, 11) is 1.62. The molecule has 0 aliphatic carbocycles. The van der Waals surface area contributed by atoms with Gasteiger partial charge in [0.2, 0.25) is 5.91 Å². The number of rotatable bonds is 8. The zero-order chi connectivity index (χ0) is 18.2. The van der Waals surface area contributed by atoms with Crippen LogP contribution in [0, 0.1) is 0 Å². The summed E-state index contributed by atoms with van der Waals surface area (Å²) in [4.78, 5) is 17.3. The van der Waals surface area contributed by atoms with Crippen LogP contribution in [0.15, 0.2) is 60.8 Å². The first kappa shape index (κ1) is 17.9. The van der Waals surface area contributed by atoms with Crippen molar-refractivity contribution in [3.8, 4) is 21.9 Å². The van der Waals surface area contributed by atoms with Gasteiger partial charge >= 0.3 is 0 Å². The number of anilines is 1. The Bertz CT molecular complexity index is 832. The van der Waals surface area contributed by atoms with Crippen LogP contribution < -0.4 is 14.8 Å². The molecule has 1 amide bonds. The largest absolute Gasteiger partial charge is 0.497 e. The highest BCUT2D eigenvalue weighted by atomic mass is 32.1. The number of amides is 1. The lowest BCUT2D eigenvalue weighted by Crippen LogP contribution is -2.12. The molecule has 3 rings (SSSR count). The molecule has 1 heterocycles. The average Bonchev–Trinajstić information content (AvgIpc) is 3.15. The molecule has 6 heteroatoms. The second kappa shape index (κ2) is 9.01. The van der Waals surface area contributed by atoms with E-state index in [0.717, 1.165) is 21.9 Å². The lowest BCUT2D eigenvalue weighted by Gasteiger charge is -2.07. The van der Waals surface area contributed by atoms with E-state index in [1.807, 2.05) is 54.6 Å². The number of carbonyl (C=O) groups excluding carboxylic acids is 1. The first-order valence-electron chi connectivity index (χ1n) is 8.32. The standard InChI is InChI=1S/C20H20N2O3S/c1-24-16-9-11-17(12-10-16)25-13-5-8-19(23)22-20-21-14-18(26-20)15-6-3-2-4-7-15/h2-4,6-7,9-12,14H,5,8,13H2,1H3,(H,21,22,23). The Hall–Kier alpha value is -2.86. The molecule has 0 saturated carbocycles. The highest BCUT2D eigenvalue weighted by molar-refractivity contribution is 7.19. The third kappa shape index (κ3) is 5.07. The van der Waals surface area contributed by atoms with E-state index >= 15 is 0 Å². The van der Waals surface area contributed by atoms with Crippen LogP contribution in [0.2, 0.25) is 0 Å². The molecule has 0 radical (unpaired) electrons. The Labute approximate surface area is 156 Å². The van der Waals surface area contributed by atoms with Gasteiger partial charge in [0.25, 0.3) is 0 Å². The van der Waals surface area contributed by atoms with Gasteiger partial charge in [-0.3, -0.25) is 4.79 Å². The van der Waals surface area contributed by atoms with E-state index in [1.165, 1.54) is 11.3 Å². The van der Waals surface area contributed by atoms with E-state index in [4.69, 9.17) is 9.47 Å². The third-order valence-electron chi connectivity index (χ3n) is 3.69. The summed E-state index contributed by atoms with van der Waals surface area (Å²) in [5.74, 6) is 1.49. The molecule has 0 fully saturated rings. The molecule has 0 aliphatic heterocycles. The van der Waals surface area contributed by atoms with Gasteiger partial charge in [-0.05, 0) is 36.2 Å². The summed E-state index contributed by atoms with van der Waals surface area (Å²) in [6.07, 6.45) is 2.80. The molecule has 26 heavy (non-hydrogen) atoms. The van der Waals surface area contributed by atoms with Gasteiger partial charge in [0, 0.05) is 12.6 Å². The quantitative estimate of drug-likeness (QED) is 0.590. The van der Waals surface area contributed by atoms with Crippen LogP contribution in [0.5, 0.6) is 11.5 Å². The molecule has 0 aliphatic rings. The molecule has 0 unspecified atom stereocenters. The van der Waals surface area contributed by atoms with Crippen molar-refractivity contribution in [1.82, 2.24) is 4.98 Å². The van der Waals surface area contributed by atoms with Crippen LogP contribution in [0.25, 0.3) is 10.4 Å². The van der Waals surface area contributed by atoms with Gasteiger partial charge in [-0.2, -0.15) is 0 Å². The van der Waals surface area contributed by atoms with E-state index in [2.05, 4.69) is 10.3 Å². The first-order valence-corrected chi connectivity index (χ1v) is 9.14. The van der Waals surface area contributed by atoms with Crippen molar-refractivity contribution in [3.63, 3.8) is 0 Å². The van der Waals surface area contributed by atoms with Crippen LogP contribution in [0.3, 0.4) is 0 Å². The molecule has 2 aromatic carbocycles. The van der Waals surface area contributed by atoms with Crippen molar-refractivity contribution in [2.75, 3.05) is 19.0 Å². The Morgan fingerprint density at radius 1 is 1.08 bits per heavy atom. The van der Waals surface area contributed by atoms with Crippen molar-refractivity contribution < 1.29 is 14.3 Å². The summed E-state index contributed by atoms with van der Waals surface area (Å²) in [5, 5.41) is 3.46. The number of aromatic nitrogens is 1. The Kier molecular flexibility index (Phi) is 6.22. The Morgan fingerprint density at radius 2 is 1.81 bits per heavy atom. The zero-order valence-electron chi connectivity index (χ0n) is 14.5. The molecular formula is C20H20N2O3S. The fourth-order valence-corrected chi connectivity index (χ4v) is 3.18. The maximum atomic E-state index is 12.0. The molecule has 3 aromatic rings. The van der Waals surface area contributed by atoms with Crippen LogP contribution in [-0.2, 0) is 4.79 Å². The van der Waals surface area contributed by atoms with E-state index in [0.29, 0.717) is 24.6 Å². The SMILES string of the molecule is COc1ccc(OCCCC(=O)Nc2ncc(-c3ccccc3)s2)cc1. The second-order valence-electron chi connectivity index (χ2n) is 5.57. The molecule has 0 spiro atoms. The minimum atomic E-state index is -0.0581. The van der Waals surface area contributed by atoms with E-state index < -0.39 is 0 Å². The van der Waals surface area contributed by atoms with Crippen molar-refractivity contribution in [1.29, 1.82) is 0 Å². The van der Waals surface area contributed by atoms with E-state index in [1.54, 1.807) is 13.3 Å². The van der Waals surface area contributed by atoms with Crippen LogP contribution >= 0.6 is 11.3 Å². The number of nitrogens with one attached hydrogen (secondary N) is 1. The summed E-state index contributed by atoms with van der Waals surface area (Å²) < 4.78 is 10.7. The lowest BCUT2D eigenvalue weighted by atomic mass is 10.2. The van der Waals surface area contributed by atoms with Gasteiger partial charge in [-0.25, -0.2) is 4.98 Å². The molecule has 0 atom stereocenters. The van der Waals surface area contributed by atoms with E-state index in [9.17, 15) is 4.79 Å². The van der Waals surface area contributed by atoms with Crippen molar-refractivity contribution in [2.24, 2.45) is 0 Å². The Balaban J connectivity index is 1.41. The van der Waals surface area contributed by atoms with Gasteiger partial charge < -0.3 is 14.8 Å². The summed E-state index contributed by atoms with van der Waals surface area (Å²) in [6, 6.07) is 17.4. The minimum Gasteiger partial charge on any atom is -0.497 e. The first-order chi connectivity index (χ1) is 12.7. The fraction of sp³-hybridized carbons (Fsp3) is 0.200. The predicted octanol–water partition coefficient (Wildman–Crippen LogP) is 4.62. The number of thiazole rings is 1. The highest BCUT2D eigenvalue weighted by Crippen LogP contribution is 2.28. The molecule has 0 bridgehead atoms. The molecule has 1 N–H and O–H groups in total. The van der Waals surface area contributed by atoms with Crippen LogP contribution in [0.4, 0.5) is 5.13 Å². The number of nitrogens with zero attached hydrogens (tertiary/aromatic N) is 1. The maximum absolute atomic E-state index is 12.0. The van der Waals surface area contributed by atoms with Crippen molar-refractivity contribution in [2.45, 2.75) is 12.8 Å². The molecule has 5 nitrogen and oxygen atoms in total. The van der Waals surface area contributed by atoms with Crippen LogP contribution in [-0.4, -0.2) is 24.6 Å². The summed E-state index contributed by atoms with van der Waals surface area (Å²) in [6.45, 7) is 0.479. The normalized spacial score (nSPS) is 10.3. The Morgan fingerprint density at radius 3 is 2.54 bits per heavy atom. The lowest BCUT2D eigenvalue weighted by molar-refractivity contribution is -0.116. The number of methoxy groups -OCH3 is 1. The third-order valence-corrected chi connectivity index (χ3v) is 4.65. The van der Waals surface area contributed by atoms with Gasteiger partial charge in [-0.15, -0.1) is 0 Å². The van der Waals surface area contributed by atoms with Crippen molar-refractivity contribution >= 4 is 22.4 Å². The van der Waals surface area contributed by atoms with Crippen LogP contribution in [0.1, 0.15) is 12.8 Å². The summed E-state index contributed by atoms with van der Waals surface area (Å²) >= 11 is 1.47. The number of hydrogen-bond donors (Lipinski definition) is 1. The summed E-state index contributed by atoms with van der Waals surface area (Å²) in [5.41, 5.74) is 1.10. The zero-order valence-corrected chi connectivity index (χ0v) is 15.3. The van der Waals surface area contributed by atoms with E-state index in [-0.39, 0.29) is 5.91 Å². The topological polar surface area (TPSA) is 60.5 Å². The fourth-order valence-electron chi connectivity index (χ4n) is 2.34. The van der Waals surface area contributed by atoms with Crippen molar-refractivity contribution in [3.05, 3.63) is 60.8 Å². The number of benzene rings is 2. The molecular weight excluding hydrogens is 348 g/mol. The number of ether oxygens (including phenoxy) is 2. The average molecular weight is 368 g/mol. The smallest absolute Gasteiger partial charge is 0.226 e. The highest BCUT2D eigenvalue weighted by Gasteiger charge is 2.08. The van der Waals surface area contributed by atoms with Gasteiger partial charge in [0.05, 0.1) is 18.6 Å². The predicted molar refractivity (Wildman–Crippen MR) is 104 cm³/mol. The molecule has 134 valence electrons. The second-order valence-corrected chi connectivity index (χ2v) is 6.60.